The lowest BCUT2D eigenvalue weighted by molar-refractivity contribution is 0.0530. The zero-order valence-electron chi connectivity index (χ0n) is 14.5. The summed E-state index contributed by atoms with van der Waals surface area (Å²) in [5.74, 6) is -3.65. The first-order valence-electron chi connectivity index (χ1n) is 8.22. The minimum atomic E-state index is -1.25. The summed E-state index contributed by atoms with van der Waals surface area (Å²) in [5.41, 5.74) is 0.975. The summed E-state index contributed by atoms with van der Waals surface area (Å²) in [6, 6.07) is 6.58. The highest BCUT2D eigenvalue weighted by Gasteiger charge is 2.24. The van der Waals surface area contributed by atoms with E-state index in [-0.39, 0.29) is 18.1 Å². The molecule has 2 nitrogen and oxygen atoms in total. The van der Waals surface area contributed by atoms with Gasteiger partial charge < -0.3 is 4.74 Å². The molecule has 0 N–H and O–H groups in total. The van der Waals surface area contributed by atoms with E-state index in [0.29, 0.717) is 21.2 Å². The number of halogens is 3. The molecule has 0 saturated carbocycles. The number of rotatable bonds is 4. The third-order valence-electron chi connectivity index (χ3n) is 4.08. The second-order valence-corrected chi connectivity index (χ2v) is 7.17. The van der Waals surface area contributed by atoms with Gasteiger partial charge in [0.05, 0.1) is 6.61 Å². The smallest absolute Gasteiger partial charge is 0.348 e. The summed E-state index contributed by atoms with van der Waals surface area (Å²) in [6.45, 7) is 5.84. The molecule has 136 valence electrons. The molecule has 0 aliphatic rings. The van der Waals surface area contributed by atoms with Gasteiger partial charge in [0.2, 0.25) is 0 Å². The SMILES string of the molecule is CCOC(=O)c1sc2c(-c3cc(F)cc(F)c3F)cccc2c1C(C)C. The van der Waals surface area contributed by atoms with Crippen LogP contribution in [0, 0.1) is 17.5 Å². The summed E-state index contributed by atoms with van der Waals surface area (Å²) in [6.07, 6.45) is 0. The minimum Gasteiger partial charge on any atom is -0.462 e. The Morgan fingerprint density at radius 3 is 2.54 bits per heavy atom. The van der Waals surface area contributed by atoms with Crippen molar-refractivity contribution < 1.29 is 22.7 Å². The van der Waals surface area contributed by atoms with Crippen LogP contribution in [-0.2, 0) is 4.74 Å². The van der Waals surface area contributed by atoms with E-state index >= 15 is 0 Å². The largest absolute Gasteiger partial charge is 0.462 e. The lowest BCUT2D eigenvalue weighted by atomic mass is 9.96. The van der Waals surface area contributed by atoms with Gasteiger partial charge >= 0.3 is 5.97 Å². The monoisotopic (exact) mass is 378 g/mol. The van der Waals surface area contributed by atoms with Crippen LogP contribution in [0.5, 0.6) is 0 Å². The van der Waals surface area contributed by atoms with Crippen molar-refractivity contribution in [2.75, 3.05) is 6.61 Å². The van der Waals surface area contributed by atoms with Gasteiger partial charge in [0, 0.05) is 21.9 Å². The average Bonchev–Trinajstić information content (AvgIpc) is 2.98. The van der Waals surface area contributed by atoms with Crippen molar-refractivity contribution in [3.8, 4) is 11.1 Å². The molecule has 0 amide bonds. The summed E-state index contributed by atoms with van der Waals surface area (Å²) in [4.78, 5) is 12.8. The second kappa shape index (κ2) is 7.11. The molecule has 1 aromatic heterocycles. The molecule has 0 radical (unpaired) electrons. The maximum absolute atomic E-state index is 14.3. The van der Waals surface area contributed by atoms with Crippen LogP contribution in [-0.4, -0.2) is 12.6 Å². The van der Waals surface area contributed by atoms with Crippen LogP contribution >= 0.6 is 11.3 Å². The molecule has 0 aliphatic heterocycles. The van der Waals surface area contributed by atoms with Crippen LogP contribution in [0.15, 0.2) is 30.3 Å². The maximum Gasteiger partial charge on any atom is 0.348 e. The average molecular weight is 378 g/mol. The fourth-order valence-corrected chi connectivity index (χ4v) is 4.40. The molecule has 0 fully saturated rings. The molecule has 0 unspecified atom stereocenters. The Morgan fingerprint density at radius 1 is 1.15 bits per heavy atom. The first-order valence-corrected chi connectivity index (χ1v) is 9.04. The van der Waals surface area contributed by atoms with Gasteiger partial charge in [0.15, 0.2) is 11.6 Å². The van der Waals surface area contributed by atoms with Gasteiger partial charge in [-0.2, -0.15) is 0 Å². The zero-order chi connectivity index (χ0) is 19.0. The van der Waals surface area contributed by atoms with Crippen molar-refractivity contribution in [1.82, 2.24) is 0 Å². The Hall–Kier alpha value is -2.34. The van der Waals surface area contributed by atoms with Crippen molar-refractivity contribution in [3.05, 3.63) is 58.2 Å². The quantitative estimate of drug-likeness (QED) is 0.394. The van der Waals surface area contributed by atoms with Crippen LogP contribution in [0.25, 0.3) is 21.2 Å². The molecule has 0 aliphatic carbocycles. The molecule has 2 aromatic carbocycles. The van der Waals surface area contributed by atoms with E-state index in [1.54, 1.807) is 19.1 Å². The Morgan fingerprint density at radius 2 is 1.88 bits per heavy atom. The Labute approximate surface area is 153 Å². The molecular weight excluding hydrogens is 361 g/mol. The summed E-state index contributed by atoms with van der Waals surface area (Å²) < 4.78 is 47.4. The van der Waals surface area contributed by atoms with E-state index in [1.165, 1.54) is 0 Å². The predicted octanol–water partition coefficient (Wildman–Crippen LogP) is 6.29. The van der Waals surface area contributed by atoms with Crippen LogP contribution in [0.3, 0.4) is 0 Å². The van der Waals surface area contributed by atoms with E-state index in [4.69, 9.17) is 4.74 Å². The Bertz CT molecular complexity index is 992. The fraction of sp³-hybridized carbons (Fsp3) is 0.250. The maximum atomic E-state index is 14.3. The third kappa shape index (κ3) is 3.09. The van der Waals surface area contributed by atoms with Crippen LogP contribution in [0.1, 0.15) is 41.9 Å². The molecule has 1 heterocycles. The molecule has 0 atom stereocenters. The van der Waals surface area contributed by atoms with Crippen LogP contribution in [0.2, 0.25) is 0 Å². The first kappa shape index (κ1) is 18.5. The highest BCUT2D eigenvalue weighted by molar-refractivity contribution is 7.21. The normalized spacial score (nSPS) is 11.3. The number of hydrogen-bond donors (Lipinski definition) is 0. The first-order chi connectivity index (χ1) is 12.3. The lowest BCUT2D eigenvalue weighted by Crippen LogP contribution is -2.05. The summed E-state index contributed by atoms with van der Waals surface area (Å²) in [7, 11) is 0. The van der Waals surface area contributed by atoms with E-state index in [9.17, 15) is 18.0 Å². The highest BCUT2D eigenvalue weighted by atomic mass is 32.1. The number of thiophene rings is 1. The molecule has 0 bridgehead atoms. The highest BCUT2D eigenvalue weighted by Crippen LogP contribution is 2.42. The predicted molar refractivity (Wildman–Crippen MR) is 97.2 cm³/mol. The van der Waals surface area contributed by atoms with E-state index in [0.717, 1.165) is 28.4 Å². The van der Waals surface area contributed by atoms with Gasteiger partial charge in [-0.3, -0.25) is 0 Å². The molecule has 0 spiro atoms. The van der Waals surface area contributed by atoms with Crippen LogP contribution in [0.4, 0.5) is 13.2 Å². The Kier molecular flexibility index (Phi) is 5.05. The number of fused-ring (bicyclic) bond motifs is 1. The molecule has 6 heteroatoms. The summed E-state index contributed by atoms with van der Waals surface area (Å²) in [5, 5.41) is 0.759. The van der Waals surface area contributed by atoms with Gasteiger partial charge in [-0.05, 0) is 29.9 Å². The number of esters is 1. The minimum absolute atomic E-state index is 0.0208. The number of ether oxygens (including phenoxy) is 1. The van der Waals surface area contributed by atoms with E-state index in [1.807, 2.05) is 19.9 Å². The standard InChI is InChI=1S/C20H17F3O2S/c1-4-25-20(24)19-16(10(2)3)13-7-5-6-12(18(13)26-19)14-8-11(21)9-15(22)17(14)23/h5-10H,4H2,1-3H3. The fourth-order valence-electron chi connectivity index (χ4n) is 3.02. The summed E-state index contributed by atoms with van der Waals surface area (Å²) >= 11 is 1.16. The number of carbonyl (C=O) groups excluding carboxylic acids is 1. The number of hydrogen-bond acceptors (Lipinski definition) is 3. The number of carbonyl (C=O) groups is 1. The van der Waals surface area contributed by atoms with Gasteiger partial charge in [0.1, 0.15) is 10.7 Å². The second-order valence-electron chi connectivity index (χ2n) is 6.15. The van der Waals surface area contributed by atoms with Crippen molar-refractivity contribution in [3.63, 3.8) is 0 Å². The van der Waals surface area contributed by atoms with Crippen molar-refractivity contribution in [1.29, 1.82) is 0 Å². The zero-order valence-corrected chi connectivity index (χ0v) is 15.3. The van der Waals surface area contributed by atoms with Crippen molar-refractivity contribution in [2.24, 2.45) is 0 Å². The molecule has 3 aromatic rings. The van der Waals surface area contributed by atoms with Crippen molar-refractivity contribution >= 4 is 27.4 Å². The van der Waals surface area contributed by atoms with Gasteiger partial charge in [-0.1, -0.05) is 32.0 Å². The molecular formula is C20H17F3O2S. The number of benzene rings is 2. The lowest BCUT2D eigenvalue weighted by Gasteiger charge is -2.09. The topological polar surface area (TPSA) is 26.3 Å². The van der Waals surface area contributed by atoms with Gasteiger partial charge in [-0.25, -0.2) is 18.0 Å². The molecule has 0 saturated heterocycles. The van der Waals surface area contributed by atoms with Crippen LogP contribution < -0.4 is 0 Å². The molecule has 26 heavy (non-hydrogen) atoms. The van der Waals surface area contributed by atoms with Crippen molar-refractivity contribution in [2.45, 2.75) is 26.7 Å². The van der Waals surface area contributed by atoms with Gasteiger partial charge in [-0.15, -0.1) is 11.3 Å². The Balaban J connectivity index is 2.33. The van der Waals surface area contributed by atoms with E-state index in [2.05, 4.69) is 0 Å². The van der Waals surface area contributed by atoms with E-state index < -0.39 is 23.4 Å². The van der Waals surface area contributed by atoms with Gasteiger partial charge in [0.25, 0.3) is 0 Å². The molecule has 3 rings (SSSR count). The third-order valence-corrected chi connectivity index (χ3v) is 5.31.